The standard InChI is InChI=1S/C15H16ClN3O/c1-19(12-5-3-2-4-6-12)10-15(20)18-11-7-8-13(16)14(17)9-11/h2-9H,10,17H2,1H3,(H,18,20). The summed E-state index contributed by atoms with van der Waals surface area (Å²) in [6.45, 7) is 0.256. The molecule has 0 aliphatic rings. The van der Waals surface area contributed by atoms with Gasteiger partial charge >= 0.3 is 0 Å². The predicted octanol–water partition coefficient (Wildman–Crippen LogP) is 3.00. The molecule has 0 saturated carbocycles. The number of rotatable bonds is 4. The van der Waals surface area contributed by atoms with Crippen LogP contribution >= 0.6 is 11.6 Å². The van der Waals surface area contributed by atoms with Crippen molar-refractivity contribution in [3.8, 4) is 0 Å². The zero-order valence-electron chi connectivity index (χ0n) is 11.1. The van der Waals surface area contributed by atoms with Gasteiger partial charge in [-0.05, 0) is 30.3 Å². The third-order valence-corrected chi connectivity index (χ3v) is 3.20. The summed E-state index contributed by atoms with van der Waals surface area (Å²) in [6.07, 6.45) is 0. The molecule has 20 heavy (non-hydrogen) atoms. The minimum atomic E-state index is -0.113. The molecule has 0 heterocycles. The molecule has 2 rings (SSSR count). The van der Waals surface area contributed by atoms with Crippen LogP contribution in [0.4, 0.5) is 17.1 Å². The number of likely N-dealkylation sites (N-methyl/N-ethyl adjacent to an activating group) is 1. The van der Waals surface area contributed by atoms with Gasteiger partial charge < -0.3 is 16.0 Å². The van der Waals surface area contributed by atoms with Crippen molar-refractivity contribution in [2.75, 3.05) is 29.5 Å². The van der Waals surface area contributed by atoms with Gasteiger partial charge in [-0.2, -0.15) is 0 Å². The van der Waals surface area contributed by atoms with Gasteiger partial charge in [-0.15, -0.1) is 0 Å². The monoisotopic (exact) mass is 289 g/mol. The molecule has 0 saturated heterocycles. The summed E-state index contributed by atoms with van der Waals surface area (Å²) in [4.78, 5) is 13.8. The quantitative estimate of drug-likeness (QED) is 0.851. The first kappa shape index (κ1) is 14.2. The zero-order chi connectivity index (χ0) is 14.5. The smallest absolute Gasteiger partial charge is 0.243 e. The summed E-state index contributed by atoms with van der Waals surface area (Å²) >= 11 is 5.84. The molecule has 4 nitrogen and oxygen atoms in total. The van der Waals surface area contributed by atoms with Crippen LogP contribution in [0.25, 0.3) is 0 Å². The first-order valence-corrected chi connectivity index (χ1v) is 6.55. The molecule has 0 fully saturated rings. The molecule has 0 radical (unpaired) electrons. The number of carbonyl (C=O) groups excluding carboxylic acids is 1. The molecule has 3 N–H and O–H groups in total. The van der Waals surface area contributed by atoms with Gasteiger partial charge in [0, 0.05) is 18.4 Å². The van der Waals surface area contributed by atoms with Crippen LogP contribution in [0.3, 0.4) is 0 Å². The highest BCUT2D eigenvalue weighted by Gasteiger charge is 2.08. The molecule has 0 spiro atoms. The zero-order valence-corrected chi connectivity index (χ0v) is 11.9. The summed E-state index contributed by atoms with van der Waals surface area (Å²) in [5.41, 5.74) is 7.76. The number of halogens is 1. The van der Waals surface area contributed by atoms with Crippen LogP contribution in [-0.4, -0.2) is 19.5 Å². The van der Waals surface area contributed by atoms with Crippen molar-refractivity contribution in [2.45, 2.75) is 0 Å². The largest absolute Gasteiger partial charge is 0.397 e. The van der Waals surface area contributed by atoms with Gasteiger partial charge in [0.25, 0.3) is 0 Å². The van der Waals surface area contributed by atoms with Crippen molar-refractivity contribution >= 4 is 34.6 Å². The second-order valence-electron chi connectivity index (χ2n) is 4.48. The third kappa shape index (κ3) is 3.65. The Morgan fingerprint density at radius 2 is 1.95 bits per heavy atom. The van der Waals surface area contributed by atoms with Crippen molar-refractivity contribution in [3.05, 3.63) is 53.6 Å². The molecule has 0 atom stereocenters. The summed E-state index contributed by atoms with van der Waals surface area (Å²) in [5, 5.41) is 3.27. The van der Waals surface area contributed by atoms with Crippen LogP contribution < -0.4 is 16.0 Å². The summed E-state index contributed by atoms with van der Waals surface area (Å²) in [6, 6.07) is 14.7. The molecule has 0 bridgehead atoms. The first-order valence-electron chi connectivity index (χ1n) is 6.17. The Morgan fingerprint density at radius 3 is 2.60 bits per heavy atom. The Hall–Kier alpha value is -2.20. The Labute approximate surface area is 123 Å². The molecule has 0 aliphatic carbocycles. The summed E-state index contributed by atoms with van der Waals surface area (Å²) < 4.78 is 0. The number of carbonyl (C=O) groups is 1. The number of nitrogens with zero attached hydrogens (tertiary/aromatic N) is 1. The molecule has 2 aromatic rings. The van der Waals surface area contributed by atoms with E-state index in [9.17, 15) is 4.79 Å². The lowest BCUT2D eigenvalue weighted by Crippen LogP contribution is -2.29. The van der Waals surface area contributed by atoms with Crippen molar-refractivity contribution in [1.29, 1.82) is 0 Å². The number of hydrogen-bond donors (Lipinski definition) is 2. The van der Waals surface area contributed by atoms with Gasteiger partial charge in [-0.3, -0.25) is 4.79 Å². The second-order valence-corrected chi connectivity index (χ2v) is 4.88. The van der Waals surface area contributed by atoms with Crippen molar-refractivity contribution < 1.29 is 4.79 Å². The Morgan fingerprint density at radius 1 is 1.25 bits per heavy atom. The van der Waals surface area contributed by atoms with Gasteiger partial charge in [0.1, 0.15) is 0 Å². The number of amides is 1. The van der Waals surface area contributed by atoms with E-state index in [2.05, 4.69) is 5.32 Å². The number of anilines is 3. The highest BCUT2D eigenvalue weighted by atomic mass is 35.5. The Kier molecular flexibility index (Phi) is 4.48. The molecule has 5 heteroatoms. The number of nitrogens with two attached hydrogens (primary N) is 1. The fourth-order valence-electron chi connectivity index (χ4n) is 1.81. The van der Waals surface area contributed by atoms with E-state index in [0.29, 0.717) is 16.4 Å². The van der Waals surface area contributed by atoms with E-state index < -0.39 is 0 Å². The lowest BCUT2D eigenvalue weighted by atomic mass is 10.2. The van der Waals surface area contributed by atoms with Crippen LogP contribution in [-0.2, 0) is 4.79 Å². The van der Waals surface area contributed by atoms with E-state index in [4.69, 9.17) is 17.3 Å². The number of hydrogen-bond acceptors (Lipinski definition) is 3. The molecule has 1 amide bonds. The van der Waals surface area contributed by atoms with Crippen molar-refractivity contribution in [2.24, 2.45) is 0 Å². The van der Waals surface area contributed by atoms with E-state index in [0.717, 1.165) is 5.69 Å². The van der Waals surface area contributed by atoms with Gasteiger partial charge in [0.2, 0.25) is 5.91 Å². The highest BCUT2D eigenvalue weighted by Crippen LogP contribution is 2.22. The molecule has 2 aromatic carbocycles. The maximum absolute atomic E-state index is 12.0. The molecule has 104 valence electrons. The van der Waals surface area contributed by atoms with Crippen LogP contribution in [0, 0.1) is 0 Å². The fraction of sp³-hybridized carbons (Fsp3) is 0.133. The van der Waals surface area contributed by atoms with E-state index >= 15 is 0 Å². The predicted molar refractivity (Wildman–Crippen MR) is 84.2 cm³/mol. The Balaban J connectivity index is 1.97. The van der Waals surface area contributed by atoms with Crippen LogP contribution in [0.5, 0.6) is 0 Å². The van der Waals surface area contributed by atoms with E-state index in [1.54, 1.807) is 18.2 Å². The fourth-order valence-corrected chi connectivity index (χ4v) is 1.93. The SMILES string of the molecule is CN(CC(=O)Nc1ccc(Cl)c(N)c1)c1ccccc1. The molecule has 0 unspecified atom stereocenters. The van der Waals surface area contributed by atoms with Crippen LogP contribution in [0.1, 0.15) is 0 Å². The molecular formula is C15H16ClN3O. The first-order chi connectivity index (χ1) is 9.56. The minimum absolute atomic E-state index is 0.113. The van der Waals surface area contributed by atoms with Crippen LogP contribution in [0.15, 0.2) is 48.5 Å². The van der Waals surface area contributed by atoms with Gasteiger partial charge in [-0.25, -0.2) is 0 Å². The van der Waals surface area contributed by atoms with Gasteiger partial charge in [0.05, 0.1) is 17.3 Å². The third-order valence-electron chi connectivity index (χ3n) is 2.86. The highest BCUT2D eigenvalue weighted by molar-refractivity contribution is 6.33. The molecule has 0 aromatic heterocycles. The summed E-state index contributed by atoms with van der Waals surface area (Å²) in [5.74, 6) is -0.113. The average Bonchev–Trinajstić information content (AvgIpc) is 2.44. The summed E-state index contributed by atoms with van der Waals surface area (Å²) in [7, 11) is 1.87. The Bertz CT molecular complexity index is 601. The van der Waals surface area contributed by atoms with Crippen molar-refractivity contribution in [1.82, 2.24) is 0 Å². The average molecular weight is 290 g/mol. The minimum Gasteiger partial charge on any atom is -0.397 e. The maximum atomic E-state index is 12.0. The van der Waals surface area contributed by atoms with E-state index in [-0.39, 0.29) is 12.5 Å². The molecular weight excluding hydrogens is 274 g/mol. The number of nitrogens with one attached hydrogen (secondary N) is 1. The number of para-hydroxylation sites is 1. The number of nitrogen functional groups attached to an aromatic ring is 1. The topological polar surface area (TPSA) is 58.4 Å². The maximum Gasteiger partial charge on any atom is 0.243 e. The lowest BCUT2D eigenvalue weighted by Gasteiger charge is -2.18. The normalized spacial score (nSPS) is 10.1. The van der Waals surface area contributed by atoms with Gasteiger partial charge in [0.15, 0.2) is 0 Å². The van der Waals surface area contributed by atoms with Gasteiger partial charge in [-0.1, -0.05) is 29.8 Å². The second kappa shape index (κ2) is 6.30. The lowest BCUT2D eigenvalue weighted by molar-refractivity contribution is -0.114. The van der Waals surface area contributed by atoms with E-state index in [1.165, 1.54) is 0 Å². The van der Waals surface area contributed by atoms with E-state index in [1.807, 2.05) is 42.3 Å². The van der Waals surface area contributed by atoms with Crippen molar-refractivity contribution in [3.63, 3.8) is 0 Å². The van der Waals surface area contributed by atoms with Crippen LogP contribution in [0.2, 0.25) is 5.02 Å². The number of benzene rings is 2. The molecule has 0 aliphatic heterocycles.